The molecule has 6 heteroatoms. The number of para-hydroxylation sites is 1. The van der Waals surface area contributed by atoms with E-state index in [2.05, 4.69) is 20.6 Å². The van der Waals surface area contributed by atoms with Gasteiger partial charge >= 0.3 is 0 Å². The molecule has 26 heavy (non-hydrogen) atoms. The van der Waals surface area contributed by atoms with E-state index in [-0.39, 0.29) is 5.91 Å². The van der Waals surface area contributed by atoms with Crippen LogP contribution in [0.25, 0.3) is 0 Å². The van der Waals surface area contributed by atoms with E-state index < -0.39 is 0 Å². The number of rotatable bonds is 4. The fraction of sp³-hybridized carbons (Fsp3) is 0.150. The van der Waals surface area contributed by atoms with Gasteiger partial charge in [-0.15, -0.1) is 0 Å². The molecule has 3 aromatic rings. The van der Waals surface area contributed by atoms with Crippen LogP contribution >= 0.6 is 0 Å². The molecule has 1 aliphatic rings. The summed E-state index contributed by atoms with van der Waals surface area (Å²) in [6.45, 7) is 0. The number of aromatic nitrogens is 2. The van der Waals surface area contributed by atoms with Gasteiger partial charge in [-0.2, -0.15) is 0 Å². The smallest absolute Gasteiger partial charge is 0.224 e. The Bertz CT molecular complexity index is 942. The largest absolute Gasteiger partial charge is 0.340 e. The van der Waals surface area contributed by atoms with Crippen LogP contribution in [-0.4, -0.2) is 22.9 Å². The van der Waals surface area contributed by atoms with E-state index >= 15 is 0 Å². The number of nitrogens with one attached hydrogen (secondary N) is 2. The van der Waals surface area contributed by atoms with Crippen molar-refractivity contribution < 1.29 is 4.79 Å². The second kappa shape index (κ2) is 6.84. The molecule has 130 valence electrons. The number of hydrogen-bond acceptors (Lipinski definition) is 5. The zero-order valence-corrected chi connectivity index (χ0v) is 14.4. The van der Waals surface area contributed by atoms with Crippen LogP contribution in [-0.2, 0) is 11.2 Å². The average molecular weight is 345 g/mol. The van der Waals surface area contributed by atoms with Crippen LogP contribution in [0.3, 0.4) is 0 Å². The first-order valence-electron chi connectivity index (χ1n) is 8.50. The molecule has 0 bridgehead atoms. The number of carbonyl (C=O) groups is 1. The summed E-state index contributed by atoms with van der Waals surface area (Å²) in [4.78, 5) is 22.2. The third-order valence-electron chi connectivity index (χ3n) is 4.42. The first-order valence-corrected chi connectivity index (χ1v) is 8.50. The van der Waals surface area contributed by atoms with Crippen molar-refractivity contribution in [2.45, 2.75) is 12.8 Å². The first-order chi connectivity index (χ1) is 12.7. The molecular formula is C20H19N5O. The maximum atomic E-state index is 11.6. The second-order valence-corrected chi connectivity index (χ2v) is 6.20. The lowest BCUT2D eigenvalue weighted by molar-refractivity contribution is -0.116. The number of anilines is 5. The molecule has 0 spiro atoms. The van der Waals surface area contributed by atoms with E-state index in [0.717, 1.165) is 34.9 Å². The Labute approximate surface area is 151 Å². The Balaban J connectivity index is 1.56. The minimum atomic E-state index is 0.0588. The minimum Gasteiger partial charge on any atom is -0.340 e. The second-order valence-electron chi connectivity index (χ2n) is 6.20. The highest BCUT2D eigenvalue weighted by atomic mass is 16.1. The monoisotopic (exact) mass is 345 g/mol. The van der Waals surface area contributed by atoms with Crippen LogP contribution in [0.5, 0.6) is 0 Å². The third-order valence-corrected chi connectivity index (χ3v) is 4.42. The number of nitrogens with zero attached hydrogens (tertiary/aromatic N) is 3. The van der Waals surface area contributed by atoms with E-state index in [1.165, 1.54) is 6.33 Å². The van der Waals surface area contributed by atoms with Gasteiger partial charge in [0.1, 0.15) is 18.0 Å². The van der Waals surface area contributed by atoms with E-state index in [0.29, 0.717) is 12.2 Å². The average Bonchev–Trinajstić information content (AvgIpc) is 2.68. The fourth-order valence-corrected chi connectivity index (χ4v) is 2.98. The Hall–Kier alpha value is -3.41. The predicted octanol–water partition coefficient (Wildman–Crippen LogP) is 3.87. The molecule has 2 N–H and O–H groups in total. The molecule has 1 aromatic heterocycles. The van der Waals surface area contributed by atoms with E-state index in [4.69, 9.17) is 0 Å². The Morgan fingerprint density at radius 2 is 1.88 bits per heavy atom. The van der Waals surface area contributed by atoms with Crippen LogP contribution in [0.2, 0.25) is 0 Å². The molecule has 4 rings (SSSR count). The van der Waals surface area contributed by atoms with Crippen LogP contribution in [0.4, 0.5) is 28.7 Å². The first kappa shape index (κ1) is 16.1. The van der Waals surface area contributed by atoms with Crippen molar-refractivity contribution in [2.24, 2.45) is 0 Å². The van der Waals surface area contributed by atoms with E-state index in [9.17, 15) is 4.79 Å². The maximum Gasteiger partial charge on any atom is 0.224 e. The van der Waals surface area contributed by atoms with Crippen molar-refractivity contribution >= 4 is 34.6 Å². The predicted molar refractivity (Wildman–Crippen MR) is 103 cm³/mol. The number of aryl methyl sites for hydroxylation is 1. The summed E-state index contributed by atoms with van der Waals surface area (Å²) in [6.07, 6.45) is 2.86. The zero-order chi connectivity index (χ0) is 17.9. The van der Waals surface area contributed by atoms with Gasteiger partial charge in [0.15, 0.2) is 0 Å². The van der Waals surface area contributed by atoms with Crippen LogP contribution in [0.1, 0.15) is 12.0 Å². The summed E-state index contributed by atoms with van der Waals surface area (Å²) in [7, 11) is 1.97. The number of hydrogen-bond donors (Lipinski definition) is 2. The van der Waals surface area contributed by atoms with Crippen LogP contribution in [0.15, 0.2) is 60.9 Å². The Kier molecular flexibility index (Phi) is 4.23. The SMILES string of the molecule is CN(c1ccccc1)c1cc(Nc2ccc3c(c2)NC(=O)CC3)ncn1. The summed E-state index contributed by atoms with van der Waals surface area (Å²) in [5.74, 6) is 1.54. The molecule has 0 aliphatic carbocycles. The van der Waals surface area contributed by atoms with Gasteiger partial charge in [-0.1, -0.05) is 24.3 Å². The number of carbonyl (C=O) groups excluding carboxylic acids is 1. The molecule has 0 atom stereocenters. The fourth-order valence-electron chi connectivity index (χ4n) is 2.98. The van der Waals surface area contributed by atoms with E-state index in [1.54, 1.807) is 0 Å². The topological polar surface area (TPSA) is 70.2 Å². The molecule has 0 fully saturated rings. The Morgan fingerprint density at radius 3 is 2.73 bits per heavy atom. The minimum absolute atomic E-state index is 0.0588. The van der Waals surface area contributed by atoms with Crippen LogP contribution < -0.4 is 15.5 Å². The van der Waals surface area contributed by atoms with Gasteiger partial charge in [0.25, 0.3) is 0 Å². The number of fused-ring (bicyclic) bond motifs is 1. The highest BCUT2D eigenvalue weighted by Crippen LogP contribution is 2.28. The summed E-state index contributed by atoms with van der Waals surface area (Å²) < 4.78 is 0. The lowest BCUT2D eigenvalue weighted by atomic mass is 10.0. The summed E-state index contributed by atoms with van der Waals surface area (Å²) in [5, 5.41) is 6.20. The van der Waals surface area contributed by atoms with Gasteiger partial charge in [0, 0.05) is 36.6 Å². The molecule has 0 radical (unpaired) electrons. The van der Waals surface area contributed by atoms with Crippen molar-refractivity contribution in [1.82, 2.24) is 9.97 Å². The normalized spacial score (nSPS) is 12.9. The third kappa shape index (κ3) is 3.35. The Morgan fingerprint density at radius 1 is 1.04 bits per heavy atom. The van der Waals surface area contributed by atoms with Gasteiger partial charge < -0.3 is 15.5 Å². The molecule has 0 saturated heterocycles. The summed E-state index contributed by atoms with van der Waals surface area (Å²) >= 11 is 0. The molecule has 1 amide bonds. The van der Waals surface area contributed by atoms with Crippen molar-refractivity contribution in [3.8, 4) is 0 Å². The molecular weight excluding hydrogens is 326 g/mol. The molecule has 6 nitrogen and oxygen atoms in total. The van der Waals surface area contributed by atoms with Crippen LogP contribution in [0, 0.1) is 0 Å². The van der Waals surface area contributed by atoms with Crippen molar-refractivity contribution in [3.05, 3.63) is 66.5 Å². The van der Waals surface area contributed by atoms with Crippen molar-refractivity contribution in [1.29, 1.82) is 0 Å². The molecule has 2 aromatic carbocycles. The lowest BCUT2D eigenvalue weighted by Crippen LogP contribution is -2.18. The highest BCUT2D eigenvalue weighted by molar-refractivity contribution is 5.94. The highest BCUT2D eigenvalue weighted by Gasteiger charge is 2.15. The van der Waals surface area contributed by atoms with Crippen molar-refractivity contribution in [2.75, 3.05) is 22.6 Å². The quantitative estimate of drug-likeness (QED) is 0.751. The van der Waals surface area contributed by atoms with Gasteiger partial charge in [-0.25, -0.2) is 9.97 Å². The van der Waals surface area contributed by atoms with Gasteiger partial charge in [-0.05, 0) is 36.2 Å². The molecule has 2 heterocycles. The standard InChI is InChI=1S/C20H19N5O/c1-25(16-5-3-2-4-6-16)19-12-18(21-13-22-19)23-15-9-7-14-8-10-20(26)24-17(14)11-15/h2-7,9,11-13H,8,10H2,1H3,(H,24,26)(H,21,22,23). The maximum absolute atomic E-state index is 11.6. The van der Waals surface area contributed by atoms with Crippen molar-refractivity contribution in [3.63, 3.8) is 0 Å². The van der Waals surface area contributed by atoms with Gasteiger partial charge in [0.05, 0.1) is 0 Å². The van der Waals surface area contributed by atoms with Gasteiger partial charge in [0.2, 0.25) is 5.91 Å². The summed E-state index contributed by atoms with van der Waals surface area (Å²) in [6, 6.07) is 17.9. The molecule has 0 saturated carbocycles. The number of benzene rings is 2. The molecule has 1 aliphatic heterocycles. The summed E-state index contributed by atoms with van der Waals surface area (Å²) in [5.41, 5.74) is 3.94. The lowest BCUT2D eigenvalue weighted by Gasteiger charge is -2.19. The zero-order valence-electron chi connectivity index (χ0n) is 14.4. The van der Waals surface area contributed by atoms with E-state index in [1.807, 2.05) is 66.5 Å². The number of amides is 1. The van der Waals surface area contributed by atoms with Gasteiger partial charge in [-0.3, -0.25) is 4.79 Å². The molecule has 0 unspecified atom stereocenters.